The predicted octanol–water partition coefficient (Wildman–Crippen LogP) is 5.23. The lowest BCUT2D eigenvalue weighted by molar-refractivity contribution is -0.672. The lowest BCUT2D eigenvalue weighted by Crippen LogP contribution is -2.40. The zero-order valence-corrected chi connectivity index (χ0v) is 15.8. The summed E-state index contributed by atoms with van der Waals surface area (Å²) in [7, 11) is 0. The van der Waals surface area contributed by atoms with Crippen molar-refractivity contribution in [2.45, 2.75) is 6.54 Å². The summed E-state index contributed by atoms with van der Waals surface area (Å²) in [6.07, 6.45) is 5.47. The molecule has 0 fully saturated rings. The van der Waals surface area contributed by atoms with Gasteiger partial charge in [-0.2, -0.15) is 4.57 Å². The first-order valence-corrected chi connectivity index (χ1v) is 9.64. The van der Waals surface area contributed by atoms with E-state index >= 15 is 0 Å². The molecule has 1 heterocycles. The molecule has 0 bridgehead atoms. The fraction of sp³-hybridized carbons (Fsp3) is 0.0385. The number of aromatic nitrogens is 2. The third-order valence-electron chi connectivity index (χ3n) is 5.28. The maximum absolute atomic E-state index is 12.9. The van der Waals surface area contributed by atoms with Crippen LogP contribution in [0.15, 0.2) is 104 Å². The Balaban J connectivity index is 1.73. The van der Waals surface area contributed by atoms with Crippen molar-refractivity contribution in [3.05, 3.63) is 109 Å². The van der Waals surface area contributed by atoms with E-state index in [0.29, 0.717) is 5.56 Å². The second-order valence-electron chi connectivity index (χ2n) is 7.07. The Kier molecular flexibility index (Phi) is 4.34. The molecular formula is C26H19N2O+. The maximum Gasteiger partial charge on any atom is 0.232 e. The predicted molar refractivity (Wildman–Crippen MR) is 116 cm³/mol. The van der Waals surface area contributed by atoms with Crippen molar-refractivity contribution in [1.82, 2.24) is 4.98 Å². The van der Waals surface area contributed by atoms with Crippen LogP contribution in [-0.2, 0) is 6.54 Å². The van der Waals surface area contributed by atoms with Crippen LogP contribution in [-0.4, -0.2) is 10.8 Å². The molecule has 4 aromatic carbocycles. The number of hydrogen-bond donors (Lipinski definition) is 0. The monoisotopic (exact) mass is 375 g/mol. The third-order valence-corrected chi connectivity index (χ3v) is 5.28. The first kappa shape index (κ1) is 17.3. The van der Waals surface area contributed by atoms with Gasteiger partial charge in [0.1, 0.15) is 0 Å². The minimum Gasteiger partial charge on any atom is -0.287 e. The molecule has 0 aliphatic rings. The molecule has 0 aliphatic heterocycles. The molecule has 5 aromatic rings. The van der Waals surface area contributed by atoms with Gasteiger partial charge in [-0.1, -0.05) is 78.9 Å². The first-order chi connectivity index (χ1) is 14.3. The van der Waals surface area contributed by atoms with Crippen molar-refractivity contribution in [2.24, 2.45) is 0 Å². The first-order valence-electron chi connectivity index (χ1n) is 9.64. The van der Waals surface area contributed by atoms with Crippen LogP contribution in [0.25, 0.3) is 32.8 Å². The molecular weight excluding hydrogens is 356 g/mol. The second kappa shape index (κ2) is 7.28. The van der Waals surface area contributed by atoms with Gasteiger partial charge in [0, 0.05) is 5.56 Å². The summed E-state index contributed by atoms with van der Waals surface area (Å²) in [5.41, 5.74) is 2.75. The maximum atomic E-state index is 12.9. The Hall–Kier alpha value is -3.85. The van der Waals surface area contributed by atoms with E-state index in [4.69, 9.17) is 0 Å². The van der Waals surface area contributed by atoms with Crippen LogP contribution < -0.4 is 4.57 Å². The summed E-state index contributed by atoms with van der Waals surface area (Å²) in [4.78, 5) is 17.3. The van der Waals surface area contributed by atoms with Gasteiger partial charge in [-0.3, -0.25) is 9.78 Å². The fourth-order valence-electron chi connectivity index (χ4n) is 3.89. The quantitative estimate of drug-likeness (QED) is 0.245. The van der Waals surface area contributed by atoms with E-state index < -0.39 is 0 Å². The van der Waals surface area contributed by atoms with Gasteiger partial charge in [-0.05, 0) is 27.6 Å². The van der Waals surface area contributed by atoms with Gasteiger partial charge in [-0.15, -0.1) is 0 Å². The van der Waals surface area contributed by atoms with Crippen molar-refractivity contribution < 1.29 is 9.36 Å². The number of ketones is 1. The number of carbonyl (C=O) groups excluding carboxylic acids is 1. The minimum absolute atomic E-state index is 0.0765. The van der Waals surface area contributed by atoms with E-state index in [1.165, 1.54) is 10.8 Å². The number of benzene rings is 4. The Morgan fingerprint density at radius 2 is 1.41 bits per heavy atom. The summed E-state index contributed by atoms with van der Waals surface area (Å²) in [5, 5.41) is 4.65. The van der Waals surface area contributed by atoms with Crippen molar-refractivity contribution in [3.8, 4) is 11.3 Å². The fourth-order valence-corrected chi connectivity index (χ4v) is 3.89. The van der Waals surface area contributed by atoms with Gasteiger partial charge in [0.15, 0.2) is 6.20 Å². The minimum atomic E-state index is 0.0765. The molecule has 0 spiro atoms. The molecule has 0 radical (unpaired) electrons. The molecule has 0 atom stereocenters. The molecule has 1 aromatic heterocycles. The van der Waals surface area contributed by atoms with Gasteiger partial charge < -0.3 is 0 Å². The highest BCUT2D eigenvalue weighted by atomic mass is 16.1. The lowest BCUT2D eigenvalue weighted by atomic mass is 9.94. The molecule has 3 heteroatoms. The summed E-state index contributed by atoms with van der Waals surface area (Å²) in [6, 6.07) is 28.4. The Morgan fingerprint density at radius 1 is 0.793 bits per heavy atom. The molecule has 0 amide bonds. The van der Waals surface area contributed by atoms with Gasteiger partial charge in [-0.25, -0.2) is 0 Å². The van der Waals surface area contributed by atoms with Gasteiger partial charge in [0.25, 0.3) is 0 Å². The van der Waals surface area contributed by atoms with Gasteiger partial charge in [0.05, 0.1) is 18.0 Å². The Bertz CT molecular complexity index is 1290. The number of rotatable bonds is 4. The van der Waals surface area contributed by atoms with E-state index in [-0.39, 0.29) is 12.3 Å². The average molecular weight is 375 g/mol. The van der Waals surface area contributed by atoms with Crippen LogP contribution in [0.4, 0.5) is 0 Å². The molecule has 138 valence electrons. The number of carbonyl (C=O) groups is 1. The third kappa shape index (κ3) is 3.17. The van der Waals surface area contributed by atoms with Crippen LogP contribution in [0.2, 0.25) is 0 Å². The van der Waals surface area contributed by atoms with Crippen molar-refractivity contribution in [1.29, 1.82) is 0 Å². The molecule has 0 saturated heterocycles. The van der Waals surface area contributed by atoms with Crippen LogP contribution in [0.5, 0.6) is 0 Å². The Morgan fingerprint density at radius 3 is 2.10 bits per heavy atom. The highest BCUT2D eigenvalue weighted by Gasteiger charge is 2.21. The van der Waals surface area contributed by atoms with E-state index in [0.717, 1.165) is 22.0 Å². The molecule has 5 rings (SSSR count). The summed E-state index contributed by atoms with van der Waals surface area (Å²) < 4.78 is 2.00. The topological polar surface area (TPSA) is 33.8 Å². The molecule has 0 saturated carbocycles. The summed E-state index contributed by atoms with van der Waals surface area (Å²) in [6.45, 7) is 0.263. The van der Waals surface area contributed by atoms with Gasteiger partial charge in [0.2, 0.25) is 18.0 Å². The number of Topliss-reactive ketones (excluding diaryl/α,β-unsaturated/α-hetero) is 1. The van der Waals surface area contributed by atoms with Crippen molar-refractivity contribution >= 4 is 27.3 Å². The van der Waals surface area contributed by atoms with E-state index in [9.17, 15) is 4.79 Å². The van der Waals surface area contributed by atoms with Crippen molar-refractivity contribution in [3.63, 3.8) is 0 Å². The van der Waals surface area contributed by atoms with E-state index in [2.05, 4.69) is 59.6 Å². The smallest absolute Gasteiger partial charge is 0.232 e. The van der Waals surface area contributed by atoms with Crippen LogP contribution in [0, 0.1) is 0 Å². The van der Waals surface area contributed by atoms with Crippen LogP contribution in [0.1, 0.15) is 10.4 Å². The second-order valence-corrected chi connectivity index (χ2v) is 7.07. The largest absolute Gasteiger partial charge is 0.287 e. The van der Waals surface area contributed by atoms with Gasteiger partial charge >= 0.3 is 0 Å². The average Bonchev–Trinajstić information content (AvgIpc) is 2.78. The normalized spacial score (nSPS) is 11.0. The number of fused-ring (bicyclic) bond motifs is 2. The molecule has 0 aliphatic carbocycles. The molecule has 29 heavy (non-hydrogen) atoms. The van der Waals surface area contributed by atoms with Crippen molar-refractivity contribution in [2.75, 3.05) is 0 Å². The number of hydrogen-bond acceptors (Lipinski definition) is 2. The van der Waals surface area contributed by atoms with E-state index in [1.54, 1.807) is 6.20 Å². The van der Waals surface area contributed by atoms with E-state index in [1.807, 2.05) is 47.3 Å². The Labute approximate surface area is 168 Å². The highest BCUT2D eigenvalue weighted by Crippen LogP contribution is 2.34. The summed E-state index contributed by atoms with van der Waals surface area (Å²) in [5.74, 6) is 0.0765. The summed E-state index contributed by atoms with van der Waals surface area (Å²) >= 11 is 0. The lowest BCUT2D eigenvalue weighted by Gasteiger charge is -2.11. The molecule has 0 unspecified atom stereocenters. The van der Waals surface area contributed by atoms with Crippen LogP contribution >= 0.6 is 0 Å². The van der Waals surface area contributed by atoms with Crippen LogP contribution in [0.3, 0.4) is 0 Å². The standard InChI is InChI=1S/C26H19N2O/c29-25(19-8-2-1-3-9-19)18-28-15-14-27-17-24(28)26-22-12-6-4-10-20(22)16-21-11-5-7-13-23(21)26/h1-17H,18H2/q+1. The SMILES string of the molecule is O=C(C[n+]1ccncc1-c1c2ccccc2cc2ccccc12)c1ccccc1. The number of nitrogens with zero attached hydrogens (tertiary/aromatic N) is 2. The zero-order chi connectivity index (χ0) is 19.6. The highest BCUT2D eigenvalue weighted by molar-refractivity contribution is 6.11. The molecule has 0 N–H and O–H groups in total. The molecule has 3 nitrogen and oxygen atoms in total. The zero-order valence-electron chi connectivity index (χ0n) is 15.8.